The predicted octanol–water partition coefficient (Wildman–Crippen LogP) is 2.55. The fraction of sp³-hybridized carbons (Fsp3) is 0.300. The molecule has 1 rings (SSSR count). The van der Waals surface area contributed by atoms with Crippen molar-refractivity contribution in [3.63, 3.8) is 0 Å². The molecular formula is C10H11ClN2O3. The normalized spacial score (nSPS) is 9.81. The van der Waals surface area contributed by atoms with Crippen LogP contribution in [-0.4, -0.2) is 16.7 Å². The number of carbonyl (C=O) groups is 1. The van der Waals surface area contributed by atoms with Crippen molar-refractivity contribution in [2.24, 2.45) is 0 Å². The molecule has 6 heteroatoms. The minimum atomic E-state index is -0.487. The van der Waals surface area contributed by atoms with Gasteiger partial charge in [-0.3, -0.25) is 14.9 Å². The van der Waals surface area contributed by atoms with Gasteiger partial charge in [0.1, 0.15) is 0 Å². The standard InChI is InChI=1S/C10H11ClN2O3/c11-7-1-2-10(14)12-8-3-5-9(6-4-8)13(15)16/h3-6H,1-2,7H2,(H,12,14). The Morgan fingerprint density at radius 3 is 2.50 bits per heavy atom. The highest BCUT2D eigenvalue weighted by Crippen LogP contribution is 2.15. The molecule has 0 unspecified atom stereocenters. The number of benzene rings is 1. The largest absolute Gasteiger partial charge is 0.326 e. The predicted molar refractivity (Wildman–Crippen MR) is 61.7 cm³/mol. The molecular weight excluding hydrogens is 232 g/mol. The number of alkyl halides is 1. The highest BCUT2D eigenvalue weighted by atomic mass is 35.5. The van der Waals surface area contributed by atoms with Crippen LogP contribution < -0.4 is 5.32 Å². The zero-order valence-corrected chi connectivity index (χ0v) is 9.24. The zero-order chi connectivity index (χ0) is 12.0. The maximum Gasteiger partial charge on any atom is 0.269 e. The first-order chi connectivity index (χ1) is 7.63. The van der Waals surface area contributed by atoms with E-state index in [9.17, 15) is 14.9 Å². The number of amides is 1. The molecule has 0 atom stereocenters. The highest BCUT2D eigenvalue weighted by Gasteiger charge is 2.05. The van der Waals surface area contributed by atoms with Crippen molar-refractivity contribution in [1.82, 2.24) is 0 Å². The number of hydrogen-bond acceptors (Lipinski definition) is 3. The Hall–Kier alpha value is -1.62. The van der Waals surface area contributed by atoms with Gasteiger partial charge in [0.05, 0.1) is 4.92 Å². The Kier molecular flexibility index (Phi) is 4.72. The number of carbonyl (C=O) groups excluding carboxylic acids is 1. The van der Waals surface area contributed by atoms with Crippen molar-refractivity contribution in [1.29, 1.82) is 0 Å². The fourth-order valence-corrected chi connectivity index (χ4v) is 1.25. The SMILES string of the molecule is O=C(CCCCl)Nc1ccc([N+](=O)[O-])cc1. The van der Waals surface area contributed by atoms with Crippen LogP contribution in [0.15, 0.2) is 24.3 Å². The van der Waals surface area contributed by atoms with E-state index in [4.69, 9.17) is 11.6 Å². The summed E-state index contributed by atoms with van der Waals surface area (Å²) in [4.78, 5) is 21.2. The molecule has 0 bridgehead atoms. The Bertz CT molecular complexity index is 378. The quantitative estimate of drug-likeness (QED) is 0.490. The van der Waals surface area contributed by atoms with Gasteiger partial charge in [-0.2, -0.15) is 0 Å². The van der Waals surface area contributed by atoms with Crippen LogP contribution in [-0.2, 0) is 4.79 Å². The summed E-state index contributed by atoms with van der Waals surface area (Å²) in [6.07, 6.45) is 0.959. The molecule has 0 heterocycles. The van der Waals surface area contributed by atoms with Crippen LogP contribution >= 0.6 is 11.6 Å². The average molecular weight is 243 g/mol. The number of rotatable bonds is 5. The number of anilines is 1. The van der Waals surface area contributed by atoms with Gasteiger partial charge in [0.25, 0.3) is 5.69 Å². The number of nitro groups is 1. The van der Waals surface area contributed by atoms with E-state index in [1.807, 2.05) is 0 Å². The molecule has 0 spiro atoms. The van der Waals surface area contributed by atoms with E-state index in [1.54, 1.807) is 0 Å². The molecule has 0 aliphatic carbocycles. The molecule has 0 aliphatic rings. The lowest BCUT2D eigenvalue weighted by Gasteiger charge is -2.03. The van der Waals surface area contributed by atoms with Crippen LogP contribution in [0, 0.1) is 10.1 Å². The Morgan fingerprint density at radius 2 is 2.00 bits per heavy atom. The third-order valence-corrected chi connectivity index (χ3v) is 2.17. The summed E-state index contributed by atoms with van der Waals surface area (Å²) in [5.74, 6) is 0.294. The fourth-order valence-electron chi connectivity index (χ4n) is 1.12. The van der Waals surface area contributed by atoms with Gasteiger partial charge in [0.2, 0.25) is 5.91 Å². The van der Waals surface area contributed by atoms with Gasteiger partial charge in [-0.25, -0.2) is 0 Å². The van der Waals surface area contributed by atoms with Gasteiger partial charge in [-0.05, 0) is 18.6 Å². The van der Waals surface area contributed by atoms with E-state index < -0.39 is 4.92 Å². The summed E-state index contributed by atoms with van der Waals surface area (Å²) >= 11 is 5.45. The molecule has 0 fully saturated rings. The number of nitrogens with zero attached hydrogens (tertiary/aromatic N) is 1. The Labute approximate surface area is 97.6 Å². The second-order valence-corrected chi connectivity index (χ2v) is 3.52. The number of non-ortho nitro benzene ring substituents is 1. The van der Waals surface area contributed by atoms with Crippen molar-refractivity contribution >= 4 is 28.9 Å². The van der Waals surface area contributed by atoms with Crippen LogP contribution in [0.3, 0.4) is 0 Å². The first-order valence-corrected chi connectivity index (χ1v) is 5.27. The van der Waals surface area contributed by atoms with Crippen molar-refractivity contribution in [2.45, 2.75) is 12.8 Å². The third kappa shape index (κ3) is 3.86. The van der Waals surface area contributed by atoms with E-state index in [2.05, 4.69) is 5.32 Å². The lowest BCUT2D eigenvalue weighted by molar-refractivity contribution is -0.384. The molecule has 16 heavy (non-hydrogen) atoms. The van der Waals surface area contributed by atoms with Crippen LogP contribution in [0.25, 0.3) is 0 Å². The van der Waals surface area contributed by atoms with Gasteiger partial charge in [0.15, 0.2) is 0 Å². The molecule has 1 N–H and O–H groups in total. The minimum absolute atomic E-state index is 0.00115. The van der Waals surface area contributed by atoms with Crippen molar-refractivity contribution in [3.8, 4) is 0 Å². The summed E-state index contributed by atoms with van der Waals surface area (Å²) in [6, 6.07) is 5.68. The first-order valence-electron chi connectivity index (χ1n) is 4.74. The van der Waals surface area contributed by atoms with Crippen LogP contribution in [0.5, 0.6) is 0 Å². The van der Waals surface area contributed by atoms with Gasteiger partial charge < -0.3 is 5.32 Å². The maximum absolute atomic E-state index is 11.3. The molecule has 1 aromatic rings. The van der Waals surface area contributed by atoms with E-state index in [0.717, 1.165) is 0 Å². The summed E-state index contributed by atoms with van der Waals surface area (Å²) < 4.78 is 0. The summed E-state index contributed by atoms with van der Waals surface area (Å²) in [6.45, 7) is 0. The smallest absolute Gasteiger partial charge is 0.269 e. The number of nitro benzene ring substituents is 1. The number of hydrogen-bond donors (Lipinski definition) is 1. The third-order valence-electron chi connectivity index (χ3n) is 1.90. The van der Waals surface area contributed by atoms with Crippen molar-refractivity contribution in [2.75, 3.05) is 11.2 Å². The van der Waals surface area contributed by atoms with Crippen LogP contribution in [0.2, 0.25) is 0 Å². The zero-order valence-electron chi connectivity index (χ0n) is 8.48. The molecule has 0 aromatic heterocycles. The monoisotopic (exact) mass is 242 g/mol. The maximum atomic E-state index is 11.3. The average Bonchev–Trinajstić information content (AvgIpc) is 2.27. The molecule has 1 amide bonds. The van der Waals surface area contributed by atoms with Gasteiger partial charge >= 0.3 is 0 Å². The Balaban J connectivity index is 2.55. The molecule has 5 nitrogen and oxygen atoms in total. The lowest BCUT2D eigenvalue weighted by Crippen LogP contribution is -2.11. The summed E-state index contributed by atoms with van der Waals surface area (Å²) in [5.41, 5.74) is 0.545. The Morgan fingerprint density at radius 1 is 1.38 bits per heavy atom. The lowest BCUT2D eigenvalue weighted by atomic mass is 10.2. The summed E-state index contributed by atoms with van der Waals surface area (Å²) in [7, 11) is 0. The highest BCUT2D eigenvalue weighted by molar-refractivity contribution is 6.18. The van der Waals surface area contributed by atoms with Gasteiger partial charge in [0, 0.05) is 30.1 Å². The van der Waals surface area contributed by atoms with E-state index in [-0.39, 0.29) is 11.6 Å². The van der Waals surface area contributed by atoms with Gasteiger partial charge in [-0.1, -0.05) is 0 Å². The number of halogens is 1. The van der Waals surface area contributed by atoms with Crippen LogP contribution in [0.1, 0.15) is 12.8 Å². The topological polar surface area (TPSA) is 72.2 Å². The van der Waals surface area contributed by atoms with Crippen molar-refractivity contribution < 1.29 is 9.72 Å². The van der Waals surface area contributed by atoms with Crippen LogP contribution in [0.4, 0.5) is 11.4 Å². The molecule has 1 aromatic carbocycles. The first kappa shape index (κ1) is 12.4. The van der Waals surface area contributed by atoms with Gasteiger partial charge in [-0.15, -0.1) is 11.6 Å². The number of nitrogens with one attached hydrogen (secondary N) is 1. The molecule has 86 valence electrons. The van der Waals surface area contributed by atoms with E-state index in [0.29, 0.717) is 24.4 Å². The molecule has 0 aliphatic heterocycles. The summed E-state index contributed by atoms with van der Waals surface area (Å²) in [5, 5.41) is 13.0. The van der Waals surface area contributed by atoms with Crippen molar-refractivity contribution in [3.05, 3.63) is 34.4 Å². The second-order valence-electron chi connectivity index (χ2n) is 3.14. The van der Waals surface area contributed by atoms with E-state index >= 15 is 0 Å². The molecule has 0 radical (unpaired) electrons. The molecule has 0 saturated carbocycles. The molecule has 0 saturated heterocycles. The second kappa shape index (κ2) is 6.07. The van der Waals surface area contributed by atoms with E-state index in [1.165, 1.54) is 24.3 Å². The minimum Gasteiger partial charge on any atom is -0.326 e.